The first-order chi connectivity index (χ1) is 12.1. The summed E-state index contributed by atoms with van der Waals surface area (Å²) in [4.78, 5) is 28.3. The molecule has 0 atom stereocenters. The van der Waals surface area contributed by atoms with E-state index < -0.39 is 0 Å². The second-order valence-corrected chi connectivity index (χ2v) is 5.92. The van der Waals surface area contributed by atoms with Crippen molar-refractivity contribution in [1.29, 1.82) is 0 Å². The summed E-state index contributed by atoms with van der Waals surface area (Å²) in [6.07, 6.45) is 1.64. The van der Waals surface area contributed by atoms with E-state index in [0.29, 0.717) is 28.2 Å². The normalized spacial score (nSPS) is 10.5. The van der Waals surface area contributed by atoms with Crippen LogP contribution in [0, 0.1) is 0 Å². The Kier molecular flexibility index (Phi) is 4.95. The number of fused-ring (bicyclic) bond motifs is 1. The standard InChI is InChI=1S/C19H16ClN3O2/c1-21-18(24)13-6-4-12(5-7-13)11-23-19(25)16-10-15(20)9-14-3-2-8-22-17(14)16/h2-10H,11H2,1H3,(H,21,24)(H,23,25). The van der Waals surface area contributed by atoms with E-state index in [2.05, 4.69) is 15.6 Å². The molecule has 3 aromatic rings. The molecule has 1 heterocycles. The number of rotatable bonds is 4. The lowest BCUT2D eigenvalue weighted by molar-refractivity contribution is 0.0947. The van der Waals surface area contributed by atoms with Gasteiger partial charge in [0.25, 0.3) is 11.8 Å². The van der Waals surface area contributed by atoms with Gasteiger partial charge in [0.05, 0.1) is 11.1 Å². The molecule has 0 spiro atoms. The number of hydrogen-bond donors (Lipinski definition) is 2. The molecular formula is C19H16ClN3O2. The van der Waals surface area contributed by atoms with E-state index in [1.807, 2.05) is 6.07 Å². The number of nitrogens with one attached hydrogen (secondary N) is 2. The third-order valence-corrected chi connectivity index (χ3v) is 4.03. The van der Waals surface area contributed by atoms with Gasteiger partial charge in [-0.05, 0) is 35.9 Å². The van der Waals surface area contributed by atoms with Crippen molar-refractivity contribution in [3.05, 3.63) is 76.4 Å². The molecule has 0 aliphatic rings. The Bertz CT molecular complexity index is 939. The summed E-state index contributed by atoms with van der Waals surface area (Å²) in [5.74, 6) is -0.395. The van der Waals surface area contributed by atoms with Gasteiger partial charge in [-0.1, -0.05) is 29.8 Å². The van der Waals surface area contributed by atoms with Crippen LogP contribution in [0.3, 0.4) is 0 Å². The fourth-order valence-electron chi connectivity index (χ4n) is 2.52. The van der Waals surface area contributed by atoms with E-state index >= 15 is 0 Å². The zero-order valence-electron chi connectivity index (χ0n) is 13.5. The number of hydrogen-bond acceptors (Lipinski definition) is 3. The highest BCUT2D eigenvalue weighted by Gasteiger charge is 2.12. The van der Waals surface area contributed by atoms with E-state index in [0.717, 1.165) is 10.9 Å². The maximum Gasteiger partial charge on any atom is 0.253 e. The molecule has 126 valence electrons. The number of nitrogens with zero attached hydrogens (tertiary/aromatic N) is 1. The third kappa shape index (κ3) is 3.78. The molecular weight excluding hydrogens is 338 g/mol. The lowest BCUT2D eigenvalue weighted by atomic mass is 10.1. The van der Waals surface area contributed by atoms with Crippen molar-refractivity contribution in [2.45, 2.75) is 6.54 Å². The Morgan fingerprint density at radius 1 is 1.08 bits per heavy atom. The molecule has 1 aromatic heterocycles. The number of pyridine rings is 1. The van der Waals surface area contributed by atoms with Gasteiger partial charge in [-0.25, -0.2) is 0 Å². The Morgan fingerprint density at radius 2 is 1.84 bits per heavy atom. The average Bonchev–Trinajstić information content (AvgIpc) is 2.65. The van der Waals surface area contributed by atoms with Crippen molar-refractivity contribution in [2.75, 3.05) is 7.05 Å². The maximum absolute atomic E-state index is 12.5. The van der Waals surface area contributed by atoms with E-state index in [1.54, 1.807) is 55.7 Å². The molecule has 0 radical (unpaired) electrons. The molecule has 3 rings (SSSR count). The van der Waals surface area contributed by atoms with Crippen molar-refractivity contribution in [3.8, 4) is 0 Å². The van der Waals surface area contributed by atoms with Crippen molar-refractivity contribution in [1.82, 2.24) is 15.6 Å². The Balaban J connectivity index is 1.76. The predicted octanol–water partition coefficient (Wildman–Crippen LogP) is 3.18. The summed E-state index contributed by atoms with van der Waals surface area (Å²) < 4.78 is 0. The first-order valence-corrected chi connectivity index (χ1v) is 8.10. The molecule has 5 nitrogen and oxygen atoms in total. The molecule has 25 heavy (non-hydrogen) atoms. The third-order valence-electron chi connectivity index (χ3n) is 3.81. The molecule has 2 N–H and O–H groups in total. The lowest BCUT2D eigenvalue weighted by Crippen LogP contribution is -2.23. The first kappa shape index (κ1) is 16.9. The van der Waals surface area contributed by atoms with Crippen LogP contribution in [0.2, 0.25) is 5.02 Å². The number of carbonyl (C=O) groups is 2. The molecule has 2 amide bonds. The molecule has 0 unspecified atom stereocenters. The summed E-state index contributed by atoms with van der Waals surface area (Å²) >= 11 is 6.10. The molecule has 0 saturated carbocycles. The molecule has 2 aromatic carbocycles. The zero-order valence-corrected chi connectivity index (χ0v) is 14.3. The van der Waals surface area contributed by atoms with E-state index in [4.69, 9.17) is 11.6 Å². The summed E-state index contributed by atoms with van der Waals surface area (Å²) in [6.45, 7) is 0.341. The minimum Gasteiger partial charge on any atom is -0.355 e. The van der Waals surface area contributed by atoms with Gasteiger partial charge in [0.1, 0.15) is 0 Å². The smallest absolute Gasteiger partial charge is 0.253 e. The van der Waals surface area contributed by atoms with Crippen LogP contribution in [0.4, 0.5) is 0 Å². The van der Waals surface area contributed by atoms with Crippen LogP contribution in [0.25, 0.3) is 10.9 Å². The monoisotopic (exact) mass is 353 g/mol. The lowest BCUT2D eigenvalue weighted by Gasteiger charge is -2.09. The average molecular weight is 354 g/mol. The summed E-state index contributed by atoms with van der Waals surface area (Å²) in [5.41, 5.74) is 2.51. The van der Waals surface area contributed by atoms with Crippen molar-refractivity contribution in [2.24, 2.45) is 0 Å². The molecule has 0 fully saturated rings. The Morgan fingerprint density at radius 3 is 2.56 bits per heavy atom. The maximum atomic E-state index is 12.5. The number of carbonyl (C=O) groups excluding carboxylic acids is 2. The topological polar surface area (TPSA) is 71.1 Å². The molecule has 0 aliphatic carbocycles. The number of benzene rings is 2. The fourth-order valence-corrected chi connectivity index (χ4v) is 2.75. The van der Waals surface area contributed by atoms with Crippen molar-refractivity contribution >= 4 is 34.3 Å². The van der Waals surface area contributed by atoms with Gasteiger partial charge in [-0.2, -0.15) is 0 Å². The zero-order chi connectivity index (χ0) is 17.8. The first-order valence-electron chi connectivity index (χ1n) is 7.72. The van der Waals surface area contributed by atoms with Crippen LogP contribution in [-0.4, -0.2) is 23.8 Å². The van der Waals surface area contributed by atoms with E-state index in [9.17, 15) is 9.59 Å². The largest absolute Gasteiger partial charge is 0.355 e. The van der Waals surface area contributed by atoms with Crippen LogP contribution in [0.1, 0.15) is 26.3 Å². The van der Waals surface area contributed by atoms with Gasteiger partial charge in [0, 0.05) is 35.8 Å². The van der Waals surface area contributed by atoms with E-state index in [1.165, 1.54) is 0 Å². The highest BCUT2D eigenvalue weighted by Crippen LogP contribution is 2.22. The minimum absolute atomic E-state index is 0.146. The summed E-state index contributed by atoms with van der Waals surface area (Å²) in [5, 5.41) is 6.73. The van der Waals surface area contributed by atoms with Gasteiger partial charge in [-0.3, -0.25) is 14.6 Å². The number of halogens is 1. The molecule has 6 heteroatoms. The van der Waals surface area contributed by atoms with Crippen LogP contribution in [-0.2, 0) is 6.54 Å². The fraction of sp³-hybridized carbons (Fsp3) is 0.105. The van der Waals surface area contributed by atoms with Crippen LogP contribution in [0.5, 0.6) is 0 Å². The second kappa shape index (κ2) is 7.32. The molecule has 0 aliphatic heterocycles. The molecule has 0 saturated heterocycles. The van der Waals surface area contributed by atoms with Crippen LogP contribution in [0.15, 0.2) is 54.7 Å². The van der Waals surface area contributed by atoms with E-state index in [-0.39, 0.29) is 11.8 Å². The molecule has 0 bridgehead atoms. The Hall–Kier alpha value is -2.92. The van der Waals surface area contributed by atoms with Crippen LogP contribution < -0.4 is 10.6 Å². The SMILES string of the molecule is CNC(=O)c1ccc(CNC(=O)c2cc(Cl)cc3cccnc23)cc1. The summed E-state index contributed by atoms with van der Waals surface area (Å²) in [7, 11) is 1.58. The Labute approximate surface area is 150 Å². The van der Waals surface area contributed by atoms with Crippen molar-refractivity contribution < 1.29 is 9.59 Å². The van der Waals surface area contributed by atoms with Gasteiger partial charge in [0.15, 0.2) is 0 Å². The highest BCUT2D eigenvalue weighted by atomic mass is 35.5. The predicted molar refractivity (Wildman–Crippen MR) is 97.8 cm³/mol. The number of amides is 2. The van der Waals surface area contributed by atoms with Gasteiger partial charge < -0.3 is 10.6 Å². The minimum atomic E-state index is -0.249. The van der Waals surface area contributed by atoms with Gasteiger partial charge in [-0.15, -0.1) is 0 Å². The van der Waals surface area contributed by atoms with Crippen LogP contribution >= 0.6 is 11.6 Å². The number of aromatic nitrogens is 1. The summed E-state index contributed by atoms with van der Waals surface area (Å²) in [6, 6.07) is 14.1. The van der Waals surface area contributed by atoms with Gasteiger partial charge in [0.2, 0.25) is 0 Å². The second-order valence-electron chi connectivity index (χ2n) is 5.49. The quantitative estimate of drug-likeness (QED) is 0.756. The van der Waals surface area contributed by atoms with Crippen molar-refractivity contribution in [3.63, 3.8) is 0 Å². The van der Waals surface area contributed by atoms with Gasteiger partial charge >= 0.3 is 0 Å². The highest BCUT2D eigenvalue weighted by molar-refractivity contribution is 6.32.